The largest absolute Gasteiger partial charge is 0.456 e. The van der Waals surface area contributed by atoms with Gasteiger partial charge in [-0.2, -0.15) is 0 Å². The van der Waals surface area contributed by atoms with Crippen molar-refractivity contribution in [3.63, 3.8) is 0 Å². The summed E-state index contributed by atoms with van der Waals surface area (Å²) in [5, 5.41) is 6.56. The van der Waals surface area contributed by atoms with Crippen molar-refractivity contribution in [1.82, 2.24) is 4.98 Å². The highest BCUT2D eigenvalue weighted by Crippen LogP contribution is 2.45. The smallest absolute Gasteiger partial charge is 0.228 e. The molecule has 0 spiro atoms. The quantitative estimate of drug-likeness (QED) is 0.203. The van der Waals surface area contributed by atoms with Gasteiger partial charge in [0.2, 0.25) is 5.89 Å². The lowest BCUT2D eigenvalue weighted by Crippen LogP contribution is -2.09. The molecule has 0 fully saturated rings. The number of fused-ring (bicyclic) bond motifs is 9. The summed E-state index contributed by atoms with van der Waals surface area (Å²) in [5.41, 5.74) is 8.68. The van der Waals surface area contributed by atoms with Gasteiger partial charge in [0, 0.05) is 38.9 Å². The van der Waals surface area contributed by atoms with Gasteiger partial charge in [0.1, 0.15) is 22.3 Å². The van der Waals surface area contributed by atoms with E-state index in [4.69, 9.17) is 18.2 Å². The van der Waals surface area contributed by atoms with E-state index < -0.39 is 0 Å². The summed E-state index contributed by atoms with van der Waals surface area (Å²) in [5.74, 6) is 0.577. The molecule has 0 saturated carbocycles. The molecule has 0 atom stereocenters. The maximum atomic E-state index is 6.66. The Bertz CT molecular complexity index is 2740. The lowest BCUT2D eigenvalue weighted by Gasteiger charge is -2.25. The molecule has 0 aliphatic carbocycles. The Morgan fingerprint density at radius 2 is 1.24 bits per heavy atom. The second-order valence-corrected chi connectivity index (χ2v) is 11.5. The van der Waals surface area contributed by atoms with E-state index in [0.717, 1.165) is 77.6 Å². The molecule has 5 nitrogen and oxygen atoms in total. The molecule has 3 heterocycles. The van der Waals surface area contributed by atoms with E-state index in [1.54, 1.807) is 0 Å². The van der Waals surface area contributed by atoms with Gasteiger partial charge in [-0.1, -0.05) is 78.9 Å². The number of hydrogen-bond acceptors (Lipinski definition) is 5. The number of furan rings is 2. The molecule has 0 aliphatic heterocycles. The average molecular weight is 593 g/mol. The average Bonchev–Trinajstić information content (AvgIpc) is 3.82. The number of aromatic nitrogens is 1. The maximum Gasteiger partial charge on any atom is 0.228 e. The van der Waals surface area contributed by atoms with Gasteiger partial charge in [0.05, 0.1) is 11.4 Å². The standard InChI is InChI=1S/C41H24N2O3/c1-2-11-26(12-3-1)43(33-17-8-14-30-38-28-13-5-4-10-25(28)20-23-36(38)45-40(30)33)27-21-22-29-37(24-27)44-35-19-9-15-31(39(29)35)41-42-32-16-6-7-18-34(32)46-41/h1-24H. The summed E-state index contributed by atoms with van der Waals surface area (Å²) in [4.78, 5) is 7.02. The Hall–Kier alpha value is -6.33. The summed E-state index contributed by atoms with van der Waals surface area (Å²) >= 11 is 0. The first kappa shape index (κ1) is 25.0. The minimum absolute atomic E-state index is 0.577. The lowest BCUT2D eigenvalue weighted by atomic mass is 10.0. The van der Waals surface area contributed by atoms with Crippen LogP contribution in [0.1, 0.15) is 0 Å². The summed E-state index contributed by atoms with van der Waals surface area (Å²) in [6.07, 6.45) is 0. The van der Waals surface area contributed by atoms with Gasteiger partial charge in [0.15, 0.2) is 11.2 Å². The minimum atomic E-state index is 0.577. The number of benzene rings is 7. The third-order valence-corrected chi connectivity index (χ3v) is 8.88. The fraction of sp³-hybridized carbons (Fsp3) is 0. The van der Waals surface area contributed by atoms with Crippen molar-refractivity contribution in [3.05, 3.63) is 146 Å². The SMILES string of the molecule is c1ccc(N(c2ccc3c(c2)oc2cccc(-c4nc5ccccc5o4)c23)c2cccc3c2oc2ccc4ccccc4c23)cc1. The lowest BCUT2D eigenvalue weighted by molar-refractivity contribution is 0.620. The highest BCUT2D eigenvalue weighted by molar-refractivity contribution is 6.21. The molecule has 0 N–H and O–H groups in total. The Morgan fingerprint density at radius 3 is 2.17 bits per heavy atom. The number of hydrogen-bond donors (Lipinski definition) is 0. The van der Waals surface area contributed by atoms with Crippen molar-refractivity contribution in [3.8, 4) is 11.5 Å². The fourth-order valence-corrected chi connectivity index (χ4v) is 6.85. The van der Waals surface area contributed by atoms with E-state index >= 15 is 0 Å². The topological polar surface area (TPSA) is 55.6 Å². The monoisotopic (exact) mass is 592 g/mol. The molecule has 216 valence electrons. The molecule has 10 rings (SSSR count). The molecule has 10 aromatic rings. The molecule has 0 bridgehead atoms. The molecule has 7 aromatic carbocycles. The van der Waals surface area contributed by atoms with Crippen molar-refractivity contribution in [2.45, 2.75) is 0 Å². The molecule has 0 amide bonds. The van der Waals surface area contributed by atoms with Crippen LogP contribution in [0.5, 0.6) is 0 Å². The number of para-hydroxylation sites is 4. The molecular weight excluding hydrogens is 568 g/mol. The van der Waals surface area contributed by atoms with Gasteiger partial charge in [-0.25, -0.2) is 4.98 Å². The van der Waals surface area contributed by atoms with Crippen LogP contribution in [0, 0.1) is 0 Å². The van der Waals surface area contributed by atoms with E-state index in [9.17, 15) is 0 Å². The minimum Gasteiger partial charge on any atom is -0.456 e. The van der Waals surface area contributed by atoms with Gasteiger partial charge in [0.25, 0.3) is 0 Å². The van der Waals surface area contributed by atoms with Crippen molar-refractivity contribution >= 4 is 82.8 Å². The van der Waals surface area contributed by atoms with Crippen LogP contribution in [-0.4, -0.2) is 4.98 Å². The predicted octanol–water partition coefficient (Wildman–Crippen LogP) is 11.9. The molecule has 5 heteroatoms. The van der Waals surface area contributed by atoms with Crippen LogP contribution in [-0.2, 0) is 0 Å². The van der Waals surface area contributed by atoms with E-state index in [0.29, 0.717) is 5.89 Å². The van der Waals surface area contributed by atoms with Gasteiger partial charge >= 0.3 is 0 Å². The van der Waals surface area contributed by atoms with Crippen LogP contribution < -0.4 is 4.90 Å². The summed E-state index contributed by atoms with van der Waals surface area (Å²) in [7, 11) is 0. The highest BCUT2D eigenvalue weighted by atomic mass is 16.4. The van der Waals surface area contributed by atoms with Crippen LogP contribution in [0.15, 0.2) is 159 Å². The molecule has 0 radical (unpaired) electrons. The first-order valence-electron chi connectivity index (χ1n) is 15.3. The normalized spacial score (nSPS) is 11.9. The Balaban J connectivity index is 1.19. The maximum absolute atomic E-state index is 6.66. The number of anilines is 3. The number of oxazole rings is 1. The van der Waals surface area contributed by atoms with Gasteiger partial charge < -0.3 is 18.2 Å². The second-order valence-electron chi connectivity index (χ2n) is 11.5. The highest BCUT2D eigenvalue weighted by Gasteiger charge is 2.22. The number of rotatable bonds is 4. The van der Waals surface area contributed by atoms with Crippen LogP contribution in [0.2, 0.25) is 0 Å². The van der Waals surface area contributed by atoms with Gasteiger partial charge in [-0.3, -0.25) is 0 Å². The first-order chi connectivity index (χ1) is 22.8. The first-order valence-corrected chi connectivity index (χ1v) is 15.3. The predicted molar refractivity (Wildman–Crippen MR) is 186 cm³/mol. The Kier molecular flexibility index (Phi) is 5.22. The van der Waals surface area contributed by atoms with Crippen LogP contribution in [0.4, 0.5) is 17.1 Å². The van der Waals surface area contributed by atoms with E-state index in [-0.39, 0.29) is 0 Å². The zero-order valence-electron chi connectivity index (χ0n) is 24.5. The Labute approximate surface area is 262 Å². The molecular formula is C41H24N2O3. The van der Waals surface area contributed by atoms with Gasteiger partial charge in [-0.15, -0.1) is 0 Å². The summed E-state index contributed by atoms with van der Waals surface area (Å²) in [6, 6.07) is 49.6. The van der Waals surface area contributed by atoms with E-state index in [2.05, 4.69) is 102 Å². The van der Waals surface area contributed by atoms with E-state index in [1.165, 1.54) is 10.8 Å². The van der Waals surface area contributed by atoms with Crippen molar-refractivity contribution in [2.24, 2.45) is 0 Å². The second kappa shape index (κ2) is 9.58. The van der Waals surface area contributed by atoms with Crippen LogP contribution in [0.25, 0.3) is 77.2 Å². The van der Waals surface area contributed by atoms with Gasteiger partial charge in [-0.05, 0) is 71.4 Å². The summed E-state index contributed by atoms with van der Waals surface area (Å²) in [6.45, 7) is 0. The third kappa shape index (κ3) is 3.66. The Morgan fingerprint density at radius 1 is 0.457 bits per heavy atom. The zero-order chi connectivity index (χ0) is 30.2. The molecule has 3 aromatic heterocycles. The zero-order valence-corrected chi connectivity index (χ0v) is 24.5. The molecule has 46 heavy (non-hydrogen) atoms. The molecule has 0 aliphatic rings. The molecule has 0 unspecified atom stereocenters. The summed E-state index contributed by atoms with van der Waals surface area (Å²) < 4.78 is 19.4. The molecule has 0 saturated heterocycles. The van der Waals surface area contributed by atoms with Crippen LogP contribution in [0.3, 0.4) is 0 Å². The van der Waals surface area contributed by atoms with Crippen molar-refractivity contribution < 1.29 is 13.3 Å². The van der Waals surface area contributed by atoms with Crippen LogP contribution >= 0.6 is 0 Å². The fourth-order valence-electron chi connectivity index (χ4n) is 6.85. The third-order valence-electron chi connectivity index (χ3n) is 8.88. The number of nitrogens with zero attached hydrogens (tertiary/aromatic N) is 2. The van der Waals surface area contributed by atoms with Crippen molar-refractivity contribution in [2.75, 3.05) is 4.90 Å². The van der Waals surface area contributed by atoms with Crippen molar-refractivity contribution in [1.29, 1.82) is 0 Å². The van der Waals surface area contributed by atoms with E-state index in [1.807, 2.05) is 48.5 Å².